The lowest BCUT2D eigenvalue weighted by atomic mass is 10.1. The molecule has 0 aliphatic carbocycles. The lowest BCUT2D eigenvalue weighted by Gasteiger charge is -2.13. The molecule has 0 fully saturated rings. The summed E-state index contributed by atoms with van der Waals surface area (Å²) in [6.45, 7) is 1.98. The highest BCUT2D eigenvalue weighted by atomic mass is 35.5. The van der Waals surface area contributed by atoms with E-state index in [0.717, 1.165) is 5.56 Å². The van der Waals surface area contributed by atoms with Crippen molar-refractivity contribution in [1.82, 2.24) is 0 Å². The number of anilines is 1. The van der Waals surface area contributed by atoms with Crippen molar-refractivity contribution in [2.45, 2.75) is 24.8 Å². The SMILES string of the molecule is Cc1ccc(OCc2ccc(NC(=O)Cc3ccccc3Cl)cc2S(N)(=O)=O)cc1. The van der Waals surface area contributed by atoms with Gasteiger partial charge >= 0.3 is 0 Å². The summed E-state index contributed by atoms with van der Waals surface area (Å²) in [6.07, 6.45) is 0.0582. The Labute approximate surface area is 180 Å². The predicted molar refractivity (Wildman–Crippen MR) is 117 cm³/mol. The van der Waals surface area contributed by atoms with E-state index in [0.29, 0.717) is 27.6 Å². The number of primary sulfonamides is 1. The molecule has 156 valence electrons. The number of ether oxygens (including phenoxy) is 1. The van der Waals surface area contributed by atoms with Gasteiger partial charge in [0.15, 0.2) is 0 Å². The normalized spacial score (nSPS) is 11.2. The maximum absolute atomic E-state index is 12.3. The molecule has 0 unspecified atom stereocenters. The van der Waals surface area contributed by atoms with Crippen LogP contribution in [0.15, 0.2) is 71.6 Å². The van der Waals surface area contributed by atoms with Crippen LogP contribution in [0, 0.1) is 6.92 Å². The van der Waals surface area contributed by atoms with Crippen LogP contribution in [0.4, 0.5) is 5.69 Å². The second kappa shape index (κ2) is 9.30. The molecule has 3 N–H and O–H groups in total. The van der Waals surface area contributed by atoms with Gasteiger partial charge in [0.1, 0.15) is 12.4 Å². The van der Waals surface area contributed by atoms with E-state index >= 15 is 0 Å². The molecule has 0 saturated carbocycles. The highest BCUT2D eigenvalue weighted by Gasteiger charge is 2.17. The summed E-state index contributed by atoms with van der Waals surface area (Å²) in [6, 6.07) is 18.9. The molecule has 0 bridgehead atoms. The molecule has 8 heteroatoms. The zero-order chi connectivity index (χ0) is 21.7. The van der Waals surface area contributed by atoms with Crippen molar-refractivity contribution < 1.29 is 17.9 Å². The zero-order valence-corrected chi connectivity index (χ0v) is 17.8. The Bertz CT molecular complexity index is 1160. The average Bonchev–Trinajstić information content (AvgIpc) is 2.69. The fourth-order valence-corrected chi connectivity index (χ4v) is 3.82. The number of nitrogens with one attached hydrogen (secondary N) is 1. The van der Waals surface area contributed by atoms with E-state index < -0.39 is 10.0 Å². The van der Waals surface area contributed by atoms with Crippen molar-refractivity contribution >= 4 is 33.2 Å². The Balaban J connectivity index is 1.76. The van der Waals surface area contributed by atoms with Gasteiger partial charge in [-0.2, -0.15) is 0 Å². The molecule has 0 spiro atoms. The molecule has 0 aliphatic heterocycles. The average molecular weight is 445 g/mol. The van der Waals surface area contributed by atoms with Gasteiger partial charge in [-0.1, -0.05) is 53.6 Å². The Morgan fingerprint density at radius 1 is 1.03 bits per heavy atom. The molecular weight excluding hydrogens is 424 g/mol. The van der Waals surface area contributed by atoms with Gasteiger partial charge in [-0.3, -0.25) is 4.79 Å². The number of hydrogen-bond acceptors (Lipinski definition) is 4. The van der Waals surface area contributed by atoms with Crippen LogP contribution in [0.25, 0.3) is 0 Å². The van der Waals surface area contributed by atoms with Crippen molar-refractivity contribution in [2.24, 2.45) is 5.14 Å². The minimum absolute atomic E-state index is 0.0165. The van der Waals surface area contributed by atoms with E-state index in [2.05, 4.69) is 5.32 Å². The van der Waals surface area contributed by atoms with Crippen molar-refractivity contribution in [3.05, 3.63) is 88.4 Å². The minimum atomic E-state index is -4.02. The molecule has 0 atom stereocenters. The molecule has 0 aromatic heterocycles. The maximum atomic E-state index is 12.3. The summed E-state index contributed by atoms with van der Waals surface area (Å²) >= 11 is 6.08. The molecule has 0 heterocycles. The smallest absolute Gasteiger partial charge is 0.238 e. The number of nitrogens with two attached hydrogens (primary N) is 1. The molecule has 0 radical (unpaired) electrons. The molecule has 0 aliphatic rings. The number of rotatable bonds is 7. The van der Waals surface area contributed by atoms with E-state index in [1.807, 2.05) is 19.1 Å². The number of halogens is 1. The Morgan fingerprint density at radius 3 is 2.40 bits per heavy atom. The summed E-state index contributed by atoms with van der Waals surface area (Å²) in [5, 5.41) is 8.54. The number of aryl methyl sites for hydroxylation is 1. The molecule has 30 heavy (non-hydrogen) atoms. The van der Waals surface area contributed by atoms with E-state index in [9.17, 15) is 13.2 Å². The van der Waals surface area contributed by atoms with Crippen LogP contribution >= 0.6 is 11.6 Å². The standard InChI is InChI=1S/C22H21ClN2O4S/c1-15-6-10-19(11-7-15)29-14-17-8-9-18(13-21(17)30(24,27)28)25-22(26)12-16-4-2-3-5-20(16)23/h2-11,13H,12,14H2,1H3,(H,25,26)(H2,24,27,28). The molecule has 0 saturated heterocycles. The zero-order valence-electron chi connectivity index (χ0n) is 16.3. The predicted octanol–water partition coefficient (Wildman–Crippen LogP) is 4.06. The monoisotopic (exact) mass is 444 g/mol. The minimum Gasteiger partial charge on any atom is -0.489 e. The third-order valence-corrected chi connectivity index (χ3v) is 5.74. The molecule has 3 aromatic rings. The lowest BCUT2D eigenvalue weighted by Crippen LogP contribution is -2.18. The summed E-state index contributed by atoms with van der Waals surface area (Å²) in [4.78, 5) is 12.2. The number of benzene rings is 3. The summed E-state index contributed by atoms with van der Waals surface area (Å²) in [5.74, 6) is 0.283. The van der Waals surface area contributed by atoms with Crippen LogP contribution in [0.3, 0.4) is 0 Å². The molecule has 3 aromatic carbocycles. The van der Waals surface area contributed by atoms with Gasteiger partial charge in [0.2, 0.25) is 15.9 Å². The third-order valence-electron chi connectivity index (χ3n) is 4.38. The van der Waals surface area contributed by atoms with E-state index in [4.69, 9.17) is 21.5 Å². The van der Waals surface area contributed by atoms with E-state index in [1.165, 1.54) is 6.07 Å². The van der Waals surface area contributed by atoms with Crippen molar-refractivity contribution in [3.63, 3.8) is 0 Å². The molecular formula is C22H21ClN2O4S. The van der Waals surface area contributed by atoms with Gasteiger partial charge < -0.3 is 10.1 Å². The van der Waals surface area contributed by atoms with Gasteiger partial charge in [-0.05, 0) is 42.8 Å². The van der Waals surface area contributed by atoms with Gasteiger partial charge in [0.05, 0.1) is 11.3 Å². The number of amides is 1. The Morgan fingerprint density at radius 2 is 1.73 bits per heavy atom. The number of carbonyl (C=O) groups excluding carboxylic acids is 1. The van der Waals surface area contributed by atoms with Gasteiger partial charge in [-0.25, -0.2) is 13.6 Å². The van der Waals surface area contributed by atoms with Crippen molar-refractivity contribution in [3.8, 4) is 5.75 Å². The van der Waals surface area contributed by atoms with Crippen LogP contribution in [-0.4, -0.2) is 14.3 Å². The number of carbonyl (C=O) groups is 1. The van der Waals surface area contributed by atoms with Crippen LogP contribution in [0.5, 0.6) is 5.75 Å². The molecule has 3 rings (SSSR count). The van der Waals surface area contributed by atoms with Crippen LogP contribution < -0.4 is 15.2 Å². The fraction of sp³-hybridized carbons (Fsp3) is 0.136. The Kier molecular flexibility index (Phi) is 6.77. The first-order valence-corrected chi connectivity index (χ1v) is 11.0. The third kappa shape index (κ3) is 5.82. The topological polar surface area (TPSA) is 98.5 Å². The maximum Gasteiger partial charge on any atom is 0.238 e. The summed E-state index contributed by atoms with van der Waals surface area (Å²) in [7, 11) is -4.02. The quantitative estimate of drug-likeness (QED) is 0.574. The van der Waals surface area contributed by atoms with Gasteiger partial charge in [-0.15, -0.1) is 0 Å². The fourth-order valence-electron chi connectivity index (χ4n) is 2.83. The molecule has 1 amide bonds. The lowest BCUT2D eigenvalue weighted by molar-refractivity contribution is -0.115. The van der Waals surface area contributed by atoms with E-state index in [1.54, 1.807) is 48.5 Å². The van der Waals surface area contributed by atoms with Crippen LogP contribution in [-0.2, 0) is 27.8 Å². The second-order valence-corrected chi connectivity index (χ2v) is 8.72. The highest BCUT2D eigenvalue weighted by Crippen LogP contribution is 2.23. The summed E-state index contributed by atoms with van der Waals surface area (Å²) in [5.41, 5.74) is 2.47. The first-order valence-electron chi connectivity index (χ1n) is 9.11. The second-order valence-electron chi connectivity index (χ2n) is 6.79. The van der Waals surface area contributed by atoms with Crippen LogP contribution in [0.2, 0.25) is 5.02 Å². The number of sulfonamides is 1. The van der Waals surface area contributed by atoms with Crippen molar-refractivity contribution in [1.29, 1.82) is 0 Å². The largest absolute Gasteiger partial charge is 0.489 e. The van der Waals surface area contributed by atoms with Crippen LogP contribution in [0.1, 0.15) is 16.7 Å². The molecule has 6 nitrogen and oxygen atoms in total. The highest BCUT2D eigenvalue weighted by molar-refractivity contribution is 7.89. The van der Waals surface area contributed by atoms with E-state index in [-0.39, 0.29) is 23.8 Å². The number of hydrogen-bond donors (Lipinski definition) is 2. The first-order chi connectivity index (χ1) is 14.2. The van der Waals surface area contributed by atoms with Crippen molar-refractivity contribution in [2.75, 3.05) is 5.32 Å². The van der Waals surface area contributed by atoms with Gasteiger partial charge in [0, 0.05) is 16.3 Å². The first kappa shape index (κ1) is 21.8. The van der Waals surface area contributed by atoms with Gasteiger partial charge in [0.25, 0.3) is 0 Å². The Hall–Kier alpha value is -2.87. The summed E-state index contributed by atoms with van der Waals surface area (Å²) < 4.78 is 29.8.